The van der Waals surface area contributed by atoms with Crippen molar-refractivity contribution < 1.29 is 28.7 Å². The van der Waals surface area contributed by atoms with Crippen LogP contribution in [0.5, 0.6) is 0 Å². The molecule has 0 aromatic heterocycles. The molecule has 0 fully saturated rings. The third-order valence-electron chi connectivity index (χ3n) is 7.14. The van der Waals surface area contributed by atoms with E-state index >= 15 is 0 Å². The lowest BCUT2D eigenvalue weighted by Crippen LogP contribution is -2.56. The molecule has 0 saturated carbocycles. The van der Waals surface area contributed by atoms with Gasteiger partial charge in [0.2, 0.25) is 11.8 Å². The van der Waals surface area contributed by atoms with E-state index in [0.29, 0.717) is 24.0 Å². The van der Waals surface area contributed by atoms with Crippen molar-refractivity contribution in [3.63, 3.8) is 0 Å². The first-order valence-electron chi connectivity index (χ1n) is 15.9. The summed E-state index contributed by atoms with van der Waals surface area (Å²) in [5.74, 6) is 0.689. The molecule has 0 aliphatic carbocycles. The van der Waals surface area contributed by atoms with Crippen LogP contribution >= 0.6 is 0 Å². The molecule has 9 heteroatoms. The van der Waals surface area contributed by atoms with Crippen molar-refractivity contribution in [3.05, 3.63) is 71.3 Å². The summed E-state index contributed by atoms with van der Waals surface area (Å²) in [5, 5.41) is 5.66. The molecule has 0 heterocycles. The van der Waals surface area contributed by atoms with E-state index in [1.54, 1.807) is 65.8 Å². The smallest absolute Gasteiger partial charge is 0.408 e. The molecule has 2 aromatic rings. The summed E-state index contributed by atoms with van der Waals surface area (Å²) in [7, 11) is 0. The van der Waals surface area contributed by atoms with Crippen LogP contribution < -0.4 is 10.6 Å². The largest absolute Gasteiger partial charge is 0.458 e. The van der Waals surface area contributed by atoms with Crippen molar-refractivity contribution in [1.82, 2.24) is 15.5 Å². The average Bonchev–Trinajstić information content (AvgIpc) is 2.97. The van der Waals surface area contributed by atoms with Crippen LogP contribution in [0.1, 0.15) is 97.9 Å². The summed E-state index contributed by atoms with van der Waals surface area (Å²) in [6.45, 7) is 16.4. The van der Waals surface area contributed by atoms with E-state index in [1.807, 2.05) is 51.1 Å². The third-order valence-corrected chi connectivity index (χ3v) is 7.14. The Labute approximate surface area is 274 Å². The molecule has 2 rings (SSSR count). The average molecular weight is 634 g/mol. The summed E-state index contributed by atoms with van der Waals surface area (Å²) in [6.07, 6.45) is 6.16. The van der Waals surface area contributed by atoms with Crippen LogP contribution in [0, 0.1) is 18.3 Å². The van der Waals surface area contributed by atoms with Crippen molar-refractivity contribution >= 4 is 23.9 Å². The molecule has 250 valence electrons. The number of carbonyl (C=O) groups excluding carboxylic acids is 4. The van der Waals surface area contributed by atoms with Gasteiger partial charge in [-0.2, -0.15) is 0 Å². The first kappa shape index (κ1) is 37.9. The van der Waals surface area contributed by atoms with Gasteiger partial charge in [0.05, 0.1) is 0 Å². The molecule has 0 aliphatic heterocycles. The Morgan fingerprint density at radius 2 is 1.46 bits per heavy atom. The topological polar surface area (TPSA) is 114 Å². The van der Waals surface area contributed by atoms with Crippen molar-refractivity contribution in [2.45, 2.75) is 111 Å². The number of carbonyl (C=O) groups is 4. The van der Waals surface area contributed by atoms with Gasteiger partial charge >= 0.3 is 12.1 Å². The Hall–Kier alpha value is -4.32. The highest BCUT2D eigenvalue weighted by Gasteiger charge is 2.39. The molecule has 0 saturated heterocycles. The molecular formula is C37H51N3O6. The van der Waals surface area contributed by atoms with Crippen LogP contribution in [0.4, 0.5) is 4.79 Å². The Bertz CT molecular complexity index is 1350. The molecular weight excluding hydrogens is 582 g/mol. The lowest BCUT2D eigenvalue weighted by Gasteiger charge is -2.36. The molecule has 0 aliphatic rings. The van der Waals surface area contributed by atoms with Gasteiger partial charge in [0.25, 0.3) is 0 Å². The van der Waals surface area contributed by atoms with Gasteiger partial charge in [0.1, 0.15) is 29.3 Å². The standard InChI is InChI=1S/C37H51N3O6/c1-11-23-40(33(42)30(25(4)12-2)39-35(44)46-37(8,9)10)31(28-21-19-26(13-3)20-22-28)32(41)38-29(34(43)45-36(5,6)7)24-27-17-15-14-16-18-27/h3,14-22,25,29-31H,11-12,23-24H2,1-2,4-10H3,(H,38,41)(H,39,44). The monoisotopic (exact) mass is 633 g/mol. The van der Waals surface area contributed by atoms with Crippen molar-refractivity contribution in [2.24, 2.45) is 5.92 Å². The Kier molecular flexibility index (Phi) is 13.9. The maximum absolute atomic E-state index is 14.4. The highest BCUT2D eigenvalue weighted by atomic mass is 16.6. The van der Waals surface area contributed by atoms with Crippen LogP contribution in [-0.2, 0) is 30.3 Å². The van der Waals surface area contributed by atoms with E-state index in [1.165, 1.54) is 4.90 Å². The molecule has 0 spiro atoms. The minimum atomic E-state index is -1.15. The second-order valence-corrected chi connectivity index (χ2v) is 13.5. The summed E-state index contributed by atoms with van der Waals surface area (Å²) in [6, 6.07) is 13.0. The molecule has 4 unspecified atom stereocenters. The van der Waals surface area contributed by atoms with Crippen molar-refractivity contribution in [3.8, 4) is 12.3 Å². The number of nitrogens with zero attached hydrogens (tertiary/aromatic N) is 1. The fourth-order valence-corrected chi connectivity index (χ4v) is 4.80. The molecule has 46 heavy (non-hydrogen) atoms. The zero-order valence-electron chi connectivity index (χ0n) is 28.8. The number of rotatable bonds is 13. The quantitative estimate of drug-likeness (QED) is 0.208. The zero-order valence-corrected chi connectivity index (χ0v) is 28.8. The van der Waals surface area contributed by atoms with E-state index in [0.717, 1.165) is 5.56 Å². The minimum Gasteiger partial charge on any atom is -0.458 e. The number of esters is 1. The summed E-state index contributed by atoms with van der Waals surface area (Å²) in [5.41, 5.74) is 0.375. The number of hydrogen-bond acceptors (Lipinski definition) is 6. The van der Waals surface area contributed by atoms with E-state index in [9.17, 15) is 19.2 Å². The van der Waals surface area contributed by atoms with E-state index in [-0.39, 0.29) is 18.9 Å². The zero-order chi connectivity index (χ0) is 34.7. The van der Waals surface area contributed by atoms with Crippen molar-refractivity contribution in [1.29, 1.82) is 0 Å². The molecule has 0 bridgehead atoms. The number of terminal acetylenes is 1. The first-order valence-corrected chi connectivity index (χ1v) is 15.9. The van der Waals surface area contributed by atoms with Gasteiger partial charge in [-0.05, 0) is 77.1 Å². The molecule has 2 aromatic carbocycles. The van der Waals surface area contributed by atoms with E-state index in [4.69, 9.17) is 15.9 Å². The number of nitrogens with one attached hydrogen (secondary N) is 2. The van der Waals surface area contributed by atoms with Gasteiger partial charge in [0.15, 0.2) is 0 Å². The van der Waals surface area contributed by atoms with E-state index in [2.05, 4.69) is 16.6 Å². The highest BCUT2D eigenvalue weighted by Crippen LogP contribution is 2.26. The lowest BCUT2D eigenvalue weighted by atomic mass is 9.95. The Morgan fingerprint density at radius 3 is 1.96 bits per heavy atom. The van der Waals surface area contributed by atoms with Gasteiger partial charge in [0, 0.05) is 18.5 Å². The second kappa shape index (κ2) is 16.8. The normalized spacial score (nSPS) is 14.1. The van der Waals surface area contributed by atoms with Gasteiger partial charge in [-0.1, -0.05) is 75.6 Å². The predicted molar refractivity (Wildman–Crippen MR) is 180 cm³/mol. The minimum absolute atomic E-state index is 0.182. The molecule has 3 amide bonds. The van der Waals surface area contributed by atoms with Crippen LogP contribution in [0.3, 0.4) is 0 Å². The Morgan fingerprint density at radius 1 is 0.870 bits per heavy atom. The second-order valence-electron chi connectivity index (χ2n) is 13.5. The Balaban J connectivity index is 2.61. The third kappa shape index (κ3) is 11.9. The van der Waals surface area contributed by atoms with Crippen LogP contribution in [-0.4, -0.2) is 58.6 Å². The lowest BCUT2D eigenvalue weighted by molar-refractivity contribution is -0.159. The fraction of sp³-hybridized carbons (Fsp3) is 0.514. The van der Waals surface area contributed by atoms with Gasteiger partial charge < -0.3 is 25.0 Å². The maximum Gasteiger partial charge on any atom is 0.408 e. The number of ether oxygens (including phenoxy) is 2. The van der Waals surface area contributed by atoms with Crippen LogP contribution in [0.15, 0.2) is 54.6 Å². The highest BCUT2D eigenvalue weighted by molar-refractivity contribution is 5.94. The van der Waals surface area contributed by atoms with Crippen LogP contribution in [0.25, 0.3) is 0 Å². The summed E-state index contributed by atoms with van der Waals surface area (Å²) >= 11 is 0. The molecule has 0 radical (unpaired) electrons. The molecule has 9 nitrogen and oxygen atoms in total. The number of amides is 3. The summed E-state index contributed by atoms with van der Waals surface area (Å²) < 4.78 is 11.2. The molecule has 4 atom stereocenters. The first-order chi connectivity index (χ1) is 21.5. The van der Waals surface area contributed by atoms with E-state index < -0.39 is 53.2 Å². The fourth-order valence-electron chi connectivity index (χ4n) is 4.80. The maximum atomic E-state index is 14.4. The van der Waals surface area contributed by atoms with Gasteiger partial charge in [-0.15, -0.1) is 6.42 Å². The van der Waals surface area contributed by atoms with Gasteiger partial charge in [-0.3, -0.25) is 9.59 Å². The van der Waals surface area contributed by atoms with Crippen LogP contribution in [0.2, 0.25) is 0 Å². The SMILES string of the molecule is C#Cc1ccc(C(C(=O)NC(Cc2ccccc2)C(=O)OC(C)(C)C)N(CCC)C(=O)C(NC(=O)OC(C)(C)C)C(C)CC)cc1. The number of alkyl carbamates (subject to hydrolysis) is 1. The number of benzene rings is 2. The summed E-state index contributed by atoms with van der Waals surface area (Å²) in [4.78, 5) is 56.6. The van der Waals surface area contributed by atoms with Crippen molar-refractivity contribution in [2.75, 3.05) is 6.54 Å². The molecule has 2 N–H and O–H groups in total. The number of hydrogen-bond donors (Lipinski definition) is 2. The van der Waals surface area contributed by atoms with Gasteiger partial charge in [-0.25, -0.2) is 9.59 Å². The predicted octanol–water partition coefficient (Wildman–Crippen LogP) is 5.96.